The van der Waals surface area contributed by atoms with Crippen LogP contribution in [0.1, 0.15) is 19.3 Å². The zero-order valence-electron chi connectivity index (χ0n) is 10.2. The minimum Gasteiger partial charge on any atom is -0.399 e. The Morgan fingerprint density at radius 1 is 1.16 bits per heavy atom. The lowest BCUT2D eigenvalue weighted by Crippen LogP contribution is -2.25. The summed E-state index contributed by atoms with van der Waals surface area (Å²) in [5.41, 5.74) is 6.10. The summed E-state index contributed by atoms with van der Waals surface area (Å²) in [6, 6.07) is 3.09. The Morgan fingerprint density at radius 2 is 1.74 bits per heavy atom. The van der Waals surface area contributed by atoms with Crippen LogP contribution in [-0.2, 0) is 10.0 Å². The smallest absolute Gasteiger partial charge is 0.242 e. The second-order valence-corrected chi connectivity index (χ2v) is 7.41. The second-order valence-electron chi connectivity index (χ2n) is 4.00. The first kappa shape index (κ1) is 16.9. The Bertz CT molecular complexity index is 512. The number of nitrogens with two attached hydrogens (primary N) is 1. The van der Waals surface area contributed by atoms with Crippen molar-refractivity contribution in [2.24, 2.45) is 0 Å². The van der Waals surface area contributed by atoms with Gasteiger partial charge in [0.25, 0.3) is 0 Å². The van der Waals surface area contributed by atoms with E-state index in [-0.39, 0.29) is 11.5 Å². The molecule has 0 amide bonds. The number of nitrogens with one attached hydrogen (secondary N) is 1. The van der Waals surface area contributed by atoms with E-state index in [9.17, 15) is 8.42 Å². The monoisotopic (exact) mass is 414 g/mol. The molecule has 19 heavy (non-hydrogen) atoms. The van der Waals surface area contributed by atoms with E-state index in [2.05, 4.69) is 36.6 Å². The Balaban J connectivity index is 2.78. The van der Waals surface area contributed by atoms with Crippen molar-refractivity contribution in [2.75, 3.05) is 18.9 Å². The van der Waals surface area contributed by atoms with Crippen LogP contribution in [0.3, 0.4) is 0 Å². The van der Waals surface area contributed by atoms with Crippen LogP contribution in [0.5, 0.6) is 0 Å². The normalized spacial score (nSPS) is 11.7. The molecule has 1 aromatic rings. The number of halogens is 2. The lowest BCUT2D eigenvalue weighted by molar-refractivity contribution is 0.283. The van der Waals surface area contributed by atoms with Crippen molar-refractivity contribution in [3.05, 3.63) is 21.1 Å². The molecule has 0 radical (unpaired) electrons. The van der Waals surface area contributed by atoms with E-state index in [4.69, 9.17) is 10.8 Å². The number of hydrogen-bond acceptors (Lipinski definition) is 4. The average molecular weight is 416 g/mol. The Hall–Kier alpha value is -0.150. The van der Waals surface area contributed by atoms with E-state index in [0.29, 0.717) is 34.0 Å². The summed E-state index contributed by atoms with van der Waals surface area (Å²) >= 11 is 6.41. The van der Waals surface area contributed by atoms with Gasteiger partial charge in [-0.1, -0.05) is 0 Å². The molecule has 5 nitrogen and oxygen atoms in total. The van der Waals surface area contributed by atoms with Gasteiger partial charge in [-0.2, -0.15) is 0 Å². The predicted octanol–water partition coefficient (Wildman–Crippen LogP) is 2.23. The van der Waals surface area contributed by atoms with Gasteiger partial charge in [0.1, 0.15) is 4.90 Å². The maximum Gasteiger partial charge on any atom is 0.242 e. The minimum absolute atomic E-state index is 0.127. The van der Waals surface area contributed by atoms with Crippen molar-refractivity contribution in [3.8, 4) is 0 Å². The fourth-order valence-electron chi connectivity index (χ4n) is 1.53. The molecule has 1 rings (SSSR count). The molecule has 0 bridgehead atoms. The molecule has 0 saturated heterocycles. The zero-order chi connectivity index (χ0) is 14.5. The molecule has 0 aromatic heterocycles. The maximum absolute atomic E-state index is 12.2. The standard InChI is InChI=1S/C11H16Br2N2O3S/c12-9-6-8(14)7-10(13)11(9)19(17,18)15-4-2-1-3-5-16/h6-7,15-16H,1-5,14H2. The number of nitrogen functional groups attached to an aromatic ring is 1. The Kier molecular flexibility index (Phi) is 6.75. The average Bonchev–Trinajstić information content (AvgIpc) is 2.26. The van der Waals surface area contributed by atoms with Gasteiger partial charge in [-0.25, -0.2) is 13.1 Å². The number of rotatable bonds is 7. The van der Waals surface area contributed by atoms with Gasteiger partial charge in [0.15, 0.2) is 0 Å². The number of aliphatic hydroxyl groups is 1. The molecule has 8 heteroatoms. The molecule has 4 N–H and O–H groups in total. The first-order valence-corrected chi connectivity index (χ1v) is 8.80. The van der Waals surface area contributed by atoms with Crippen molar-refractivity contribution in [1.82, 2.24) is 4.72 Å². The van der Waals surface area contributed by atoms with Crippen molar-refractivity contribution in [1.29, 1.82) is 0 Å². The summed E-state index contributed by atoms with van der Waals surface area (Å²) in [6.07, 6.45) is 2.14. The van der Waals surface area contributed by atoms with Crippen molar-refractivity contribution in [3.63, 3.8) is 0 Å². The van der Waals surface area contributed by atoms with Gasteiger partial charge in [-0.15, -0.1) is 0 Å². The molecule has 0 atom stereocenters. The first-order chi connectivity index (χ1) is 8.88. The first-order valence-electron chi connectivity index (χ1n) is 5.73. The Morgan fingerprint density at radius 3 is 2.26 bits per heavy atom. The summed E-state index contributed by atoms with van der Waals surface area (Å²) in [7, 11) is -3.59. The number of unbranched alkanes of at least 4 members (excludes halogenated alkanes) is 2. The highest BCUT2D eigenvalue weighted by molar-refractivity contribution is 9.11. The topological polar surface area (TPSA) is 92.4 Å². The molecule has 108 valence electrons. The van der Waals surface area contributed by atoms with Crippen LogP contribution in [0, 0.1) is 0 Å². The van der Waals surface area contributed by atoms with E-state index in [0.717, 1.165) is 6.42 Å². The van der Waals surface area contributed by atoms with Crippen LogP contribution in [-0.4, -0.2) is 26.7 Å². The molecular formula is C11H16Br2N2O3S. The van der Waals surface area contributed by atoms with E-state index in [1.54, 1.807) is 12.1 Å². The highest BCUT2D eigenvalue weighted by atomic mass is 79.9. The molecule has 0 unspecified atom stereocenters. The summed E-state index contributed by atoms with van der Waals surface area (Å²) in [5.74, 6) is 0. The van der Waals surface area contributed by atoms with E-state index < -0.39 is 10.0 Å². The summed E-state index contributed by atoms with van der Waals surface area (Å²) < 4.78 is 27.7. The van der Waals surface area contributed by atoms with Gasteiger partial charge in [0, 0.05) is 27.8 Å². The minimum atomic E-state index is -3.59. The quantitative estimate of drug-likeness (QED) is 0.470. The molecule has 0 fully saturated rings. The molecule has 0 aliphatic rings. The third kappa shape index (κ3) is 5.03. The predicted molar refractivity (Wildman–Crippen MR) is 82.4 cm³/mol. The third-order valence-corrected chi connectivity index (χ3v) is 5.75. The largest absolute Gasteiger partial charge is 0.399 e. The van der Waals surface area contributed by atoms with Crippen LogP contribution < -0.4 is 10.5 Å². The lowest BCUT2D eigenvalue weighted by Gasteiger charge is -2.11. The molecule has 0 spiro atoms. The molecule has 0 saturated carbocycles. The molecular weight excluding hydrogens is 400 g/mol. The van der Waals surface area contributed by atoms with Gasteiger partial charge < -0.3 is 10.8 Å². The molecule has 1 aromatic carbocycles. The van der Waals surface area contributed by atoms with Crippen molar-refractivity contribution < 1.29 is 13.5 Å². The van der Waals surface area contributed by atoms with Crippen LogP contribution in [0.2, 0.25) is 0 Å². The lowest BCUT2D eigenvalue weighted by atomic mass is 10.2. The summed E-state index contributed by atoms with van der Waals surface area (Å²) in [4.78, 5) is 0.142. The van der Waals surface area contributed by atoms with Gasteiger partial charge in [0.2, 0.25) is 10.0 Å². The van der Waals surface area contributed by atoms with Crippen LogP contribution in [0.15, 0.2) is 26.0 Å². The van der Waals surface area contributed by atoms with Crippen LogP contribution >= 0.6 is 31.9 Å². The zero-order valence-corrected chi connectivity index (χ0v) is 14.2. The second kappa shape index (κ2) is 7.58. The van der Waals surface area contributed by atoms with Gasteiger partial charge in [0.05, 0.1) is 0 Å². The summed E-state index contributed by atoms with van der Waals surface area (Å²) in [5, 5.41) is 8.64. The maximum atomic E-state index is 12.2. The summed E-state index contributed by atoms with van der Waals surface area (Å²) in [6.45, 7) is 0.466. The Labute approximate surface area is 129 Å². The molecule has 0 aliphatic carbocycles. The highest BCUT2D eigenvalue weighted by Gasteiger charge is 2.21. The highest BCUT2D eigenvalue weighted by Crippen LogP contribution is 2.32. The van der Waals surface area contributed by atoms with Gasteiger partial charge in [-0.3, -0.25) is 0 Å². The van der Waals surface area contributed by atoms with Crippen molar-refractivity contribution >= 4 is 47.6 Å². The van der Waals surface area contributed by atoms with Crippen LogP contribution in [0.25, 0.3) is 0 Å². The molecule has 0 heterocycles. The van der Waals surface area contributed by atoms with E-state index in [1.807, 2.05) is 0 Å². The van der Waals surface area contributed by atoms with E-state index >= 15 is 0 Å². The van der Waals surface area contributed by atoms with Gasteiger partial charge >= 0.3 is 0 Å². The number of anilines is 1. The fourth-order valence-corrected chi connectivity index (χ4v) is 5.22. The third-order valence-electron chi connectivity index (χ3n) is 2.42. The van der Waals surface area contributed by atoms with Crippen LogP contribution in [0.4, 0.5) is 5.69 Å². The van der Waals surface area contributed by atoms with Gasteiger partial charge in [-0.05, 0) is 63.3 Å². The van der Waals surface area contributed by atoms with Crippen molar-refractivity contribution in [2.45, 2.75) is 24.2 Å². The number of sulfonamides is 1. The SMILES string of the molecule is Nc1cc(Br)c(S(=O)(=O)NCCCCCO)c(Br)c1. The van der Waals surface area contributed by atoms with E-state index in [1.165, 1.54) is 0 Å². The fraction of sp³-hybridized carbons (Fsp3) is 0.455. The number of aliphatic hydroxyl groups excluding tert-OH is 1. The number of hydrogen-bond donors (Lipinski definition) is 3. The molecule has 0 aliphatic heterocycles. The number of benzene rings is 1.